The van der Waals surface area contributed by atoms with Gasteiger partial charge in [0.1, 0.15) is 5.75 Å². The van der Waals surface area contributed by atoms with Crippen molar-refractivity contribution in [2.75, 3.05) is 18.1 Å². The third kappa shape index (κ3) is 4.39. The zero-order valence-corrected chi connectivity index (χ0v) is 14.4. The van der Waals surface area contributed by atoms with Gasteiger partial charge in [-0.2, -0.15) is 0 Å². The van der Waals surface area contributed by atoms with Gasteiger partial charge in [0.15, 0.2) is 6.61 Å². The van der Waals surface area contributed by atoms with Gasteiger partial charge in [0.05, 0.1) is 5.69 Å². The predicted octanol–water partition coefficient (Wildman–Crippen LogP) is 1.61. The Hall–Kier alpha value is -1.79. The Morgan fingerprint density at radius 2 is 1.96 bits per heavy atom. The van der Waals surface area contributed by atoms with E-state index in [-0.39, 0.29) is 42.9 Å². The largest absolute Gasteiger partial charge is 0.482 e. The van der Waals surface area contributed by atoms with E-state index in [1.165, 1.54) is 0 Å². The quantitative estimate of drug-likeness (QED) is 0.861. The molecule has 1 aromatic rings. The molecule has 7 heteroatoms. The first-order valence-electron chi connectivity index (χ1n) is 8.20. The average molecular weight is 354 g/mol. The lowest BCUT2D eigenvalue weighted by Crippen LogP contribution is -2.43. The van der Waals surface area contributed by atoms with Gasteiger partial charge in [0, 0.05) is 25.0 Å². The van der Waals surface area contributed by atoms with Crippen LogP contribution in [0.1, 0.15) is 32.1 Å². The molecule has 3 rings (SSSR count). The Kier molecular flexibility index (Phi) is 6.45. The Bertz CT molecular complexity index is 588. The van der Waals surface area contributed by atoms with Crippen molar-refractivity contribution in [3.8, 4) is 5.75 Å². The van der Waals surface area contributed by atoms with Gasteiger partial charge < -0.3 is 20.7 Å². The molecule has 1 fully saturated rings. The number of amides is 2. The molecule has 0 saturated heterocycles. The number of carbonyl (C=O) groups is 2. The predicted molar refractivity (Wildman–Crippen MR) is 94.5 cm³/mol. The van der Waals surface area contributed by atoms with E-state index < -0.39 is 0 Å². The van der Waals surface area contributed by atoms with Crippen LogP contribution in [0.5, 0.6) is 5.75 Å². The van der Waals surface area contributed by atoms with Crippen molar-refractivity contribution in [1.29, 1.82) is 0 Å². The number of fused-ring (bicyclic) bond motifs is 1. The molecule has 2 amide bonds. The van der Waals surface area contributed by atoms with E-state index in [0.717, 1.165) is 31.4 Å². The fourth-order valence-corrected chi connectivity index (χ4v) is 3.18. The van der Waals surface area contributed by atoms with E-state index in [0.29, 0.717) is 18.7 Å². The molecule has 132 valence electrons. The SMILES string of the molecule is Cl.NC1CCC(NC(=O)CCN2C(=O)COc3ccccc32)CC1. The molecular weight excluding hydrogens is 330 g/mol. The molecule has 0 aromatic heterocycles. The minimum atomic E-state index is -0.111. The van der Waals surface area contributed by atoms with Crippen molar-refractivity contribution in [3.05, 3.63) is 24.3 Å². The summed E-state index contributed by atoms with van der Waals surface area (Å²) in [6.45, 7) is 0.399. The number of rotatable bonds is 4. The summed E-state index contributed by atoms with van der Waals surface area (Å²) in [5.41, 5.74) is 6.61. The molecule has 1 saturated carbocycles. The van der Waals surface area contributed by atoms with Crippen LogP contribution >= 0.6 is 12.4 Å². The maximum Gasteiger partial charge on any atom is 0.265 e. The van der Waals surface area contributed by atoms with Crippen LogP contribution in [0.2, 0.25) is 0 Å². The second kappa shape index (κ2) is 8.35. The van der Waals surface area contributed by atoms with E-state index in [2.05, 4.69) is 5.32 Å². The number of nitrogens with one attached hydrogen (secondary N) is 1. The van der Waals surface area contributed by atoms with Crippen molar-refractivity contribution >= 4 is 29.9 Å². The molecule has 3 N–H and O–H groups in total. The second-order valence-electron chi connectivity index (χ2n) is 6.23. The topological polar surface area (TPSA) is 84.7 Å². The van der Waals surface area contributed by atoms with Gasteiger partial charge in [-0.3, -0.25) is 9.59 Å². The highest BCUT2D eigenvalue weighted by Gasteiger charge is 2.26. The number of halogens is 1. The molecule has 0 bridgehead atoms. The molecule has 24 heavy (non-hydrogen) atoms. The first-order valence-corrected chi connectivity index (χ1v) is 8.20. The summed E-state index contributed by atoms with van der Waals surface area (Å²) < 4.78 is 5.40. The minimum absolute atomic E-state index is 0. The van der Waals surface area contributed by atoms with Gasteiger partial charge in [-0.05, 0) is 37.8 Å². The van der Waals surface area contributed by atoms with Crippen LogP contribution in [-0.4, -0.2) is 37.0 Å². The average Bonchev–Trinajstić information content (AvgIpc) is 2.56. The van der Waals surface area contributed by atoms with Gasteiger partial charge in [0.25, 0.3) is 5.91 Å². The van der Waals surface area contributed by atoms with Crippen LogP contribution in [0, 0.1) is 0 Å². The van der Waals surface area contributed by atoms with Gasteiger partial charge in [-0.1, -0.05) is 12.1 Å². The Balaban J connectivity index is 0.00000208. The smallest absolute Gasteiger partial charge is 0.265 e. The van der Waals surface area contributed by atoms with Crippen LogP contribution in [0.25, 0.3) is 0 Å². The van der Waals surface area contributed by atoms with Gasteiger partial charge in [-0.25, -0.2) is 0 Å². The molecular formula is C17H24ClN3O3. The molecule has 0 radical (unpaired) electrons. The zero-order valence-electron chi connectivity index (χ0n) is 13.6. The van der Waals surface area contributed by atoms with Crippen LogP contribution in [0.4, 0.5) is 5.69 Å². The standard InChI is InChI=1S/C17H23N3O3.ClH/c18-12-5-7-13(8-6-12)19-16(21)9-10-20-14-3-1-2-4-15(14)23-11-17(20)22;/h1-4,12-13H,5-11,18H2,(H,19,21);1H. The Labute approximate surface area is 148 Å². The number of benzene rings is 1. The number of nitrogens with zero attached hydrogens (tertiary/aromatic N) is 1. The molecule has 1 aliphatic heterocycles. The normalized spacial score (nSPS) is 22.9. The Morgan fingerprint density at radius 3 is 2.71 bits per heavy atom. The van der Waals surface area contributed by atoms with Crippen molar-refractivity contribution < 1.29 is 14.3 Å². The van der Waals surface area contributed by atoms with E-state index in [4.69, 9.17) is 10.5 Å². The number of hydrogen-bond acceptors (Lipinski definition) is 4. The number of hydrogen-bond donors (Lipinski definition) is 2. The summed E-state index contributed by atoms with van der Waals surface area (Å²) in [5.74, 6) is 0.566. The van der Waals surface area contributed by atoms with E-state index in [1.54, 1.807) is 4.90 Å². The molecule has 1 aromatic carbocycles. The van der Waals surface area contributed by atoms with Crippen molar-refractivity contribution in [2.45, 2.75) is 44.2 Å². The highest BCUT2D eigenvalue weighted by Crippen LogP contribution is 2.31. The number of anilines is 1. The maximum absolute atomic E-state index is 12.1. The fraction of sp³-hybridized carbons (Fsp3) is 0.529. The maximum atomic E-state index is 12.1. The van der Waals surface area contributed by atoms with Crippen molar-refractivity contribution in [3.63, 3.8) is 0 Å². The number of nitrogens with two attached hydrogens (primary N) is 1. The van der Waals surface area contributed by atoms with E-state index in [9.17, 15) is 9.59 Å². The molecule has 1 aliphatic carbocycles. The second-order valence-corrected chi connectivity index (χ2v) is 6.23. The lowest BCUT2D eigenvalue weighted by atomic mass is 9.92. The highest BCUT2D eigenvalue weighted by molar-refractivity contribution is 5.98. The van der Waals surface area contributed by atoms with Gasteiger partial charge >= 0.3 is 0 Å². The first-order chi connectivity index (χ1) is 11.1. The minimum Gasteiger partial charge on any atom is -0.482 e. The highest BCUT2D eigenvalue weighted by atomic mass is 35.5. The van der Waals surface area contributed by atoms with Crippen molar-refractivity contribution in [1.82, 2.24) is 5.32 Å². The van der Waals surface area contributed by atoms with Crippen LogP contribution in [0.15, 0.2) is 24.3 Å². The Morgan fingerprint density at radius 1 is 1.25 bits per heavy atom. The van der Waals surface area contributed by atoms with E-state index in [1.807, 2.05) is 24.3 Å². The monoisotopic (exact) mass is 353 g/mol. The summed E-state index contributed by atoms with van der Waals surface area (Å²) in [4.78, 5) is 25.8. The summed E-state index contributed by atoms with van der Waals surface area (Å²) in [6, 6.07) is 7.89. The lowest BCUT2D eigenvalue weighted by molar-refractivity contribution is -0.122. The first kappa shape index (κ1) is 18.5. The fourth-order valence-electron chi connectivity index (χ4n) is 3.18. The molecule has 2 aliphatic rings. The zero-order chi connectivity index (χ0) is 16.2. The number of ether oxygens (including phenoxy) is 1. The van der Waals surface area contributed by atoms with Gasteiger partial charge in [0.2, 0.25) is 5.91 Å². The molecule has 6 nitrogen and oxygen atoms in total. The summed E-state index contributed by atoms with van der Waals surface area (Å²) in [7, 11) is 0. The molecule has 0 spiro atoms. The van der Waals surface area contributed by atoms with Crippen molar-refractivity contribution in [2.24, 2.45) is 5.73 Å². The molecule has 0 unspecified atom stereocenters. The van der Waals surface area contributed by atoms with Crippen LogP contribution < -0.4 is 20.7 Å². The summed E-state index contributed by atoms with van der Waals surface area (Å²) in [6.07, 6.45) is 4.08. The third-order valence-corrected chi connectivity index (χ3v) is 4.51. The molecule has 1 heterocycles. The summed E-state index contributed by atoms with van der Waals surface area (Å²) in [5, 5.41) is 3.05. The van der Waals surface area contributed by atoms with Gasteiger partial charge in [-0.15, -0.1) is 12.4 Å². The number of carbonyl (C=O) groups excluding carboxylic acids is 2. The van der Waals surface area contributed by atoms with Crippen LogP contribution in [0.3, 0.4) is 0 Å². The third-order valence-electron chi connectivity index (χ3n) is 4.51. The summed E-state index contributed by atoms with van der Waals surface area (Å²) >= 11 is 0. The van der Waals surface area contributed by atoms with E-state index >= 15 is 0 Å². The van der Waals surface area contributed by atoms with Crippen LogP contribution in [-0.2, 0) is 9.59 Å². The lowest BCUT2D eigenvalue weighted by Gasteiger charge is -2.30. The molecule has 0 atom stereocenters. The number of para-hydroxylation sites is 2.